The van der Waals surface area contributed by atoms with E-state index in [9.17, 15) is 9.59 Å². The molecule has 0 unspecified atom stereocenters. The van der Waals surface area contributed by atoms with E-state index in [1.165, 1.54) is 24.2 Å². The highest BCUT2D eigenvalue weighted by molar-refractivity contribution is 7.24. The number of likely N-dealkylation sites (tertiary alicyclic amines) is 1. The molecule has 35 heavy (non-hydrogen) atoms. The predicted molar refractivity (Wildman–Crippen MR) is 140 cm³/mol. The largest absolute Gasteiger partial charge is 0.351 e. The summed E-state index contributed by atoms with van der Waals surface area (Å²) < 4.78 is 2.80. The molecule has 4 aromatic rings. The molecule has 2 saturated heterocycles. The van der Waals surface area contributed by atoms with E-state index in [2.05, 4.69) is 25.4 Å². The van der Waals surface area contributed by atoms with Gasteiger partial charge in [-0.15, -0.1) is 11.3 Å². The van der Waals surface area contributed by atoms with Gasteiger partial charge in [0.15, 0.2) is 5.65 Å². The maximum absolute atomic E-state index is 13.6. The van der Waals surface area contributed by atoms with E-state index < -0.39 is 0 Å². The molecular formula is C24H26ClN7O2S. The van der Waals surface area contributed by atoms with Crippen molar-refractivity contribution >= 4 is 60.9 Å². The van der Waals surface area contributed by atoms with Crippen molar-refractivity contribution in [2.45, 2.75) is 12.8 Å². The standard InChI is InChI=1S/C24H26ClN7O2S/c25-15-3-4-17-18(13-15)35-23-19(22(34)27-7-10-30-8-1-2-9-30)20(33)16-14-28-24(29-21(16)32(17)23)31-11-5-26-6-12-31/h3-4,13-14,26H,1-2,5-12H2,(H,27,34). The van der Waals surface area contributed by atoms with E-state index >= 15 is 0 Å². The van der Waals surface area contributed by atoms with Crippen LogP contribution in [0.1, 0.15) is 23.2 Å². The second-order valence-corrected chi connectivity index (χ2v) is 10.5. The number of thiazole rings is 1. The molecular weight excluding hydrogens is 486 g/mol. The Labute approximate surface area is 210 Å². The van der Waals surface area contributed by atoms with Crippen LogP contribution in [0.4, 0.5) is 5.95 Å². The maximum atomic E-state index is 13.6. The first-order valence-corrected chi connectivity index (χ1v) is 13.2. The van der Waals surface area contributed by atoms with Gasteiger partial charge in [0.25, 0.3) is 5.91 Å². The van der Waals surface area contributed by atoms with Crippen molar-refractivity contribution < 1.29 is 4.79 Å². The number of amides is 1. The smallest absolute Gasteiger partial charge is 0.258 e. The minimum absolute atomic E-state index is 0.134. The first-order chi connectivity index (χ1) is 17.1. The van der Waals surface area contributed by atoms with Gasteiger partial charge in [0, 0.05) is 50.5 Å². The van der Waals surface area contributed by atoms with Crippen molar-refractivity contribution in [1.82, 2.24) is 29.9 Å². The minimum atomic E-state index is -0.363. The lowest BCUT2D eigenvalue weighted by Gasteiger charge is -2.27. The second-order valence-electron chi connectivity index (χ2n) is 9.01. The van der Waals surface area contributed by atoms with Gasteiger partial charge in [-0.2, -0.15) is 4.98 Å². The summed E-state index contributed by atoms with van der Waals surface area (Å²) in [5.74, 6) is 0.223. The van der Waals surface area contributed by atoms with Gasteiger partial charge in [0.05, 0.1) is 15.6 Å². The number of benzene rings is 1. The third-order valence-corrected chi connectivity index (χ3v) is 8.13. The van der Waals surface area contributed by atoms with E-state index in [1.54, 1.807) is 6.20 Å². The molecule has 3 aromatic heterocycles. The molecule has 0 radical (unpaired) electrons. The molecule has 182 valence electrons. The zero-order chi connectivity index (χ0) is 23.9. The molecule has 11 heteroatoms. The zero-order valence-corrected chi connectivity index (χ0v) is 20.8. The van der Waals surface area contributed by atoms with Crippen molar-refractivity contribution in [3.05, 3.63) is 45.2 Å². The summed E-state index contributed by atoms with van der Waals surface area (Å²) in [7, 11) is 0. The van der Waals surface area contributed by atoms with Crippen LogP contribution < -0.4 is 21.0 Å². The summed E-state index contributed by atoms with van der Waals surface area (Å²) in [6.45, 7) is 6.69. The lowest BCUT2D eigenvalue weighted by atomic mass is 10.2. The Morgan fingerprint density at radius 1 is 1.17 bits per heavy atom. The van der Waals surface area contributed by atoms with E-state index in [0.29, 0.717) is 33.4 Å². The Balaban J connectivity index is 1.49. The van der Waals surface area contributed by atoms with Crippen molar-refractivity contribution in [1.29, 1.82) is 0 Å². The highest BCUT2D eigenvalue weighted by Gasteiger charge is 2.24. The van der Waals surface area contributed by atoms with Crippen LogP contribution in [0.15, 0.2) is 29.2 Å². The topological polar surface area (TPSA) is 94.9 Å². The van der Waals surface area contributed by atoms with Crippen LogP contribution in [0.3, 0.4) is 0 Å². The van der Waals surface area contributed by atoms with Gasteiger partial charge < -0.3 is 20.4 Å². The van der Waals surface area contributed by atoms with Crippen molar-refractivity contribution in [2.24, 2.45) is 0 Å². The maximum Gasteiger partial charge on any atom is 0.258 e. The summed E-state index contributed by atoms with van der Waals surface area (Å²) in [4.78, 5) is 41.3. The van der Waals surface area contributed by atoms with E-state index in [0.717, 1.165) is 56.0 Å². The monoisotopic (exact) mass is 511 g/mol. The van der Waals surface area contributed by atoms with Gasteiger partial charge in [0.1, 0.15) is 10.4 Å². The van der Waals surface area contributed by atoms with Gasteiger partial charge >= 0.3 is 0 Å². The Hall–Kier alpha value is -2.79. The third kappa shape index (κ3) is 4.14. The van der Waals surface area contributed by atoms with Crippen LogP contribution in [-0.4, -0.2) is 77.5 Å². The second kappa shape index (κ2) is 9.34. The van der Waals surface area contributed by atoms with Gasteiger partial charge in [0.2, 0.25) is 11.4 Å². The molecule has 9 nitrogen and oxygen atoms in total. The van der Waals surface area contributed by atoms with E-state index in [-0.39, 0.29) is 16.9 Å². The summed E-state index contributed by atoms with van der Waals surface area (Å²) in [5.41, 5.74) is 1.16. The van der Waals surface area contributed by atoms with E-state index in [1.807, 2.05) is 22.6 Å². The fourth-order valence-corrected chi connectivity index (χ4v) is 6.41. The molecule has 0 bridgehead atoms. The lowest BCUT2D eigenvalue weighted by Crippen LogP contribution is -2.44. The first-order valence-electron chi connectivity index (χ1n) is 12.0. The molecule has 0 aliphatic carbocycles. The Morgan fingerprint density at radius 3 is 2.77 bits per heavy atom. The molecule has 2 N–H and O–H groups in total. The molecule has 5 heterocycles. The number of aromatic nitrogens is 3. The Bertz CT molecular complexity index is 1490. The van der Waals surface area contributed by atoms with Crippen molar-refractivity contribution in [2.75, 3.05) is 57.3 Å². The van der Waals surface area contributed by atoms with Gasteiger partial charge in [-0.05, 0) is 44.1 Å². The van der Waals surface area contributed by atoms with Crippen LogP contribution in [-0.2, 0) is 0 Å². The van der Waals surface area contributed by atoms with Crippen molar-refractivity contribution in [3.63, 3.8) is 0 Å². The van der Waals surface area contributed by atoms with Gasteiger partial charge in [-0.1, -0.05) is 11.6 Å². The molecule has 1 amide bonds. The summed E-state index contributed by atoms with van der Waals surface area (Å²) in [6, 6.07) is 5.58. The average molecular weight is 512 g/mol. The minimum Gasteiger partial charge on any atom is -0.351 e. The van der Waals surface area contributed by atoms with Gasteiger partial charge in [-0.3, -0.25) is 14.0 Å². The van der Waals surface area contributed by atoms with Crippen LogP contribution in [0.2, 0.25) is 5.02 Å². The number of carbonyl (C=O) groups is 1. The summed E-state index contributed by atoms with van der Waals surface area (Å²) in [5, 5.41) is 7.24. The number of carbonyl (C=O) groups excluding carboxylic acids is 1. The molecule has 2 aliphatic heterocycles. The number of hydrogen-bond acceptors (Lipinski definition) is 8. The molecule has 2 aliphatic rings. The highest BCUT2D eigenvalue weighted by Crippen LogP contribution is 2.32. The van der Waals surface area contributed by atoms with Crippen LogP contribution in [0.25, 0.3) is 26.1 Å². The number of pyridine rings is 1. The average Bonchev–Trinajstić information content (AvgIpc) is 3.52. The summed E-state index contributed by atoms with van der Waals surface area (Å²) in [6.07, 6.45) is 3.95. The molecule has 6 rings (SSSR count). The SMILES string of the molecule is O=C(NCCN1CCCC1)c1c(=O)c2cnc(N3CCNCC3)nc2n2c1sc1cc(Cl)ccc12. The molecule has 0 saturated carbocycles. The number of anilines is 1. The number of rotatable bonds is 5. The quantitative estimate of drug-likeness (QED) is 0.424. The van der Waals surface area contributed by atoms with Crippen LogP contribution >= 0.6 is 22.9 Å². The van der Waals surface area contributed by atoms with Crippen LogP contribution in [0.5, 0.6) is 0 Å². The fourth-order valence-electron chi connectivity index (χ4n) is 4.95. The predicted octanol–water partition coefficient (Wildman–Crippen LogP) is 2.35. The number of nitrogens with one attached hydrogen (secondary N) is 2. The number of hydrogen-bond donors (Lipinski definition) is 2. The summed E-state index contributed by atoms with van der Waals surface area (Å²) >= 11 is 7.65. The Morgan fingerprint density at radius 2 is 1.97 bits per heavy atom. The Kier molecular flexibility index (Phi) is 6.05. The highest BCUT2D eigenvalue weighted by atomic mass is 35.5. The van der Waals surface area contributed by atoms with Crippen molar-refractivity contribution in [3.8, 4) is 0 Å². The number of halogens is 1. The van der Waals surface area contributed by atoms with E-state index in [4.69, 9.17) is 16.6 Å². The number of piperazine rings is 1. The first kappa shape index (κ1) is 22.7. The molecule has 1 aromatic carbocycles. The number of nitrogens with zero attached hydrogens (tertiary/aromatic N) is 5. The molecule has 0 atom stereocenters. The number of fused-ring (bicyclic) bond motifs is 5. The molecule has 0 spiro atoms. The van der Waals surface area contributed by atoms with Gasteiger partial charge in [-0.25, -0.2) is 4.98 Å². The third-order valence-electron chi connectivity index (χ3n) is 6.76. The molecule has 2 fully saturated rings. The normalized spacial score (nSPS) is 17.1. The fraction of sp³-hybridized carbons (Fsp3) is 0.417. The van der Waals surface area contributed by atoms with Crippen LogP contribution in [0, 0.1) is 0 Å². The lowest BCUT2D eigenvalue weighted by molar-refractivity contribution is 0.0950. The zero-order valence-electron chi connectivity index (χ0n) is 19.2.